The molecule has 82 valence electrons. The summed E-state index contributed by atoms with van der Waals surface area (Å²) in [6.07, 6.45) is 3.54. The third-order valence-corrected chi connectivity index (χ3v) is 3.98. The molecule has 1 aliphatic rings. The normalized spacial score (nSPS) is 25.0. The van der Waals surface area contributed by atoms with Crippen LogP contribution >= 0.6 is 15.9 Å². The number of nitrogens with two attached hydrogens (primary N) is 1. The van der Waals surface area contributed by atoms with Gasteiger partial charge in [-0.2, -0.15) is 0 Å². The third kappa shape index (κ3) is 2.25. The number of aliphatic hydroxyl groups excluding tert-OH is 1. The first-order chi connectivity index (χ1) is 7.14. The van der Waals surface area contributed by atoms with E-state index in [-0.39, 0.29) is 12.1 Å². The van der Waals surface area contributed by atoms with Gasteiger partial charge >= 0.3 is 0 Å². The Labute approximate surface area is 98.6 Å². The second-order valence-electron chi connectivity index (χ2n) is 4.39. The van der Waals surface area contributed by atoms with Gasteiger partial charge in [-0.15, -0.1) is 0 Å². The number of halogens is 1. The van der Waals surface area contributed by atoms with Crippen molar-refractivity contribution in [2.75, 3.05) is 6.61 Å². The Morgan fingerprint density at radius 1 is 1.47 bits per heavy atom. The largest absolute Gasteiger partial charge is 0.396 e. The highest BCUT2D eigenvalue weighted by molar-refractivity contribution is 9.10. The van der Waals surface area contributed by atoms with E-state index < -0.39 is 0 Å². The summed E-state index contributed by atoms with van der Waals surface area (Å²) in [5.41, 5.74) is 8.76. The Morgan fingerprint density at radius 3 is 3.00 bits per heavy atom. The van der Waals surface area contributed by atoms with E-state index >= 15 is 0 Å². The molecule has 1 aliphatic carbocycles. The van der Waals surface area contributed by atoms with Crippen molar-refractivity contribution >= 4 is 15.9 Å². The molecule has 0 saturated heterocycles. The van der Waals surface area contributed by atoms with Crippen LogP contribution in [0.25, 0.3) is 0 Å². The van der Waals surface area contributed by atoms with Crippen LogP contribution in [-0.4, -0.2) is 17.3 Å². The zero-order valence-corrected chi connectivity index (χ0v) is 10.3. The second kappa shape index (κ2) is 4.24. The summed E-state index contributed by atoms with van der Waals surface area (Å²) in [6.45, 7) is 0.180. The van der Waals surface area contributed by atoms with E-state index in [1.807, 2.05) is 6.07 Å². The summed E-state index contributed by atoms with van der Waals surface area (Å²) in [7, 11) is 0. The molecule has 0 radical (unpaired) electrons. The molecule has 0 saturated carbocycles. The zero-order valence-electron chi connectivity index (χ0n) is 8.67. The number of hydrogen-bond acceptors (Lipinski definition) is 2. The van der Waals surface area contributed by atoms with Gasteiger partial charge in [0.05, 0.1) is 0 Å². The molecule has 0 fully saturated rings. The van der Waals surface area contributed by atoms with Crippen molar-refractivity contribution in [1.29, 1.82) is 0 Å². The van der Waals surface area contributed by atoms with Crippen LogP contribution < -0.4 is 5.73 Å². The van der Waals surface area contributed by atoms with Crippen molar-refractivity contribution in [2.45, 2.75) is 31.2 Å². The molecule has 15 heavy (non-hydrogen) atoms. The molecule has 1 unspecified atom stereocenters. The van der Waals surface area contributed by atoms with Crippen molar-refractivity contribution < 1.29 is 5.11 Å². The third-order valence-electron chi connectivity index (χ3n) is 3.24. The van der Waals surface area contributed by atoms with E-state index in [9.17, 15) is 0 Å². The standard InChI is InChI=1S/C12H16BrNO/c13-11-3-1-2-9-8-12(14,6-7-15)5-4-10(9)11/h1-3,15H,4-8,14H2. The lowest BCUT2D eigenvalue weighted by Gasteiger charge is -2.34. The predicted molar refractivity (Wildman–Crippen MR) is 64.8 cm³/mol. The van der Waals surface area contributed by atoms with E-state index in [1.54, 1.807) is 0 Å². The Bertz CT molecular complexity index is 367. The summed E-state index contributed by atoms with van der Waals surface area (Å²) in [5.74, 6) is 0. The highest BCUT2D eigenvalue weighted by Gasteiger charge is 2.30. The lowest BCUT2D eigenvalue weighted by molar-refractivity contribution is 0.225. The molecule has 3 N–H and O–H groups in total. The molecule has 0 bridgehead atoms. The molecule has 0 amide bonds. The van der Waals surface area contributed by atoms with Gasteiger partial charge in [-0.25, -0.2) is 0 Å². The van der Waals surface area contributed by atoms with Gasteiger partial charge in [-0.05, 0) is 42.9 Å². The molecule has 0 aromatic heterocycles. The Balaban J connectivity index is 2.27. The minimum Gasteiger partial charge on any atom is -0.396 e. The SMILES string of the molecule is NC1(CCO)CCc2c(Br)cccc2C1. The van der Waals surface area contributed by atoms with Crippen LogP contribution in [0, 0.1) is 0 Å². The van der Waals surface area contributed by atoms with Gasteiger partial charge in [0.2, 0.25) is 0 Å². The molecule has 1 atom stereocenters. The zero-order chi connectivity index (χ0) is 10.9. The molecule has 0 spiro atoms. The first-order valence-corrected chi connectivity index (χ1v) is 6.10. The van der Waals surface area contributed by atoms with Gasteiger partial charge in [0.1, 0.15) is 0 Å². The first-order valence-electron chi connectivity index (χ1n) is 5.31. The summed E-state index contributed by atoms with van der Waals surface area (Å²) >= 11 is 3.57. The van der Waals surface area contributed by atoms with Crippen LogP contribution in [0.3, 0.4) is 0 Å². The average molecular weight is 270 g/mol. The van der Waals surface area contributed by atoms with Crippen LogP contribution in [0.5, 0.6) is 0 Å². The van der Waals surface area contributed by atoms with Gasteiger partial charge in [0.25, 0.3) is 0 Å². The Morgan fingerprint density at radius 2 is 2.27 bits per heavy atom. The predicted octanol–water partition coefficient (Wildman–Crippen LogP) is 2.02. The molecule has 1 aromatic rings. The van der Waals surface area contributed by atoms with Crippen molar-refractivity contribution in [3.8, 4) is 0 Å². The van der Waals surface area contributed by atoms with E-state index in [0.29, 0.717) is 6.42 Å². The number of hydrogen-bond donors (Lipinski definition) is 2. The van der Waals surface area contributed by atoms with Crippen molar-refractivity contribution in [3.05, 3.63) is 33.8 Å². The van der Waals surface area contributed by atoms with Crippen molar-refractivity contribution in [1.82, 2.24) is 0 Å². The Kier molecular flexibility index (Phi) is 3.14. The minimum atomic E-state index is -0.206. The maximum absolute atomic E-state index is 9.00. The minimum absolute atomic E-state index is 0.180. The van der Waals surface area contributed by atoms with E-state index in [4.69, 9.17) is 10.8 Å². The van der Waals surface area contributed by atoms with Crippen LogP contribution in [0.4, 0.5) is 0 Å². The summed E-state index contributed by atoms with van der Waals surface area (Å²) < 4.78 is 1.19. The fourth-order valence-electron chi connectivity index (χ4n) is 2.33. The fraction of sp³-hybridized carbons (Fsp3) is 0.500. The van der Waals surface area contributed by atoms with Gasteiger partial charge in [0, 0.05) is 16.6 Å². The van der Waals surface area contributed by atoms with Crippen LogP contribution in [0.1, 0.15) is 24.0 Å². The highest BCUT2D eigenvalue weighted by atomic mass is 79.9. The Hall–Kier alpha value is -0.380. The number of aliphatic hydroxyl groups is 1. The average Bonchev–Trinajstić information content (AvgIpc) is 2.17. The summed E-state index contributed by atoms with van der Waals surface area (Å²) in [4.78, 5) is 0. The van der Waals surface area contributed by atoms with E-state index in [0.717, 1.165) is 19.3 Å². The van der Waals surface area contributed by atoms with Gasteiger partial charge in [-0.1, -0.05) is 28.1 Å². The highest BCUT2D eigenvalue weighted by Crippen LogP contribution is 2.33. The van der Waals surface area contributed by atoms with Crippen LogP contribution in [0.2, 0.25) is 0 Å². The monoisotopic (exact) mass is 269 g/mol. The number of fused-ring (bicyclic) bond motifs is 1. The lowest BCUT2D eigenvalue weighted by Crippen LogP contribution is -2.45. The molecule has 0 heterocycles. The maximum atomic E-state index is 9.00. The molecule has 1 aromatic carbocycles. The summed E-state index contributed by atoms with van der Waals surface area (Å²) in [6, 6.07) is 6.26. The lowest BCUT2D eigenvalue weighted by atomic mass is 9.77. The smallest absolute Gasteiger partial charge is 0.0448 e. The second-order valence-corrected chi connectivity index (χ2v) is 5.24. The van der Waals surface area contributed by atoms with Gasteiger partial charge in [-0.3, -0.25) is 0 Å². The van der Waals surface area contributed by atoms with Crippen molar-refractivity contribution in [2.24, 2.45) is 5.73 Å². The molecule has 0 aliphatic heterocycles. The van der Waals surface area contributed by atoms with E-state index in [1.165, 1.54) is 15.6 Å². The van der Waals surface area contributed by atoms with Crippen LogP contribution in [-0.2, 0) is 12.8 Å². The molecule has 2 rings (SSSR count). The molecule has 3 heteroatoms. The molecular formula is C12H16BrNO. The van der Waals surface area contributed by atoms with Gasteiger partial charge in [0.15, 0.2) is 0 Å². The number of benzene rings is 1. The topological polar surface area (TPSA) is 46.2 Å². The van der Waals surface area contributed by atoms with E-state index in [2.05, 4.69) is 28.1 Å². The first kappa shape index (κ1) is 11.1. The van der Waals surface area contributed by atoms with Crippen LogP contribution in [0.15, 0.2) is 22.7 Å². The van der Waals surface area contributed by atoms with Gasteiger partial charge < -0.3 is 10.8 Å². The summed E-state index contributed by atoms with van der Waals surface area (Å²) in [5, 5.41) is 9.00. The molecule has 2 nitrogen and oxygen atoms in total. The number of rotatable bonds is 2. The van der Waals surface area contributed by atoms with Crippen molar-refractivity contribution in [3.63, 3.8) is 0 Å². The quantitative estimate of drug-likeness (QED) is 0.863. The maximum Gasteiger partial charge on any atom is 0.0448 e. The molecular weight excluding hydrogens is 254 g/mol. The fourth-order valence-corrected chi connectivity index (χ4v) is 2.93.